The summed E-state index contributed by atoms with van der Waals surface area (Å²) in [6, 6.07) is 0. The first-order valence-corrected chi connectivity index (χ1v) is 3.93. The third kappa shape index (κ3) is 4.99. The monoisotopic (exact) mass is 176 g/mol. The summed E-state index contributed by atoms with van der Waals surface area (Å²) in [5.74, 6) is 0. The SMILES string of the molecule is C=CCCCC(OC)C(=O)Cl. The molecule has 64 valence electrons. The van der Waals surface area contributed by atoms with E-state index >= 15 is 0 Å². The van der Waals surface area contributed by atoms with Crippen LogP contribution in [0.25, 0.3) is 0 Å². The van der Waals surface area contributed by atoms with E-state index in [4.69, 9.17) is 16.3 Å². The lowest BCUT2D eigenvalue weighted by Crippen LogP contribution is -2.17. The number of rotatable bonds is 6. The largest absolute Gasteiger partial charge is 0.372 e. The molecule has 2 nitrogen and oxygen atoms in total. The highest BCUT2D eigenvalue weighted by Gasteiger charge is 2.13. The molecule has 11 heavy (non-hydrogen) atoms. The molecule has 0 bridgehead atoms. The minimum Gasteiger partial charge on any atom is -0.372 e. The average Bonchev–Trinajstić information content (AvgIpc) is 1.97. The molecule has 0 aliphatic rings. The summed E-state index contributed by atoms with van der Waals surface area (Å²) in [6.07, 6.45) is 3.82. The van der Waals surface area contributed by atoms with Crippen LogP contribution in [0.1, 0.15) is 19.3 Å². The molecule has 0 radical (unpaired) electrons. The normalized spacial score (nSPS) is 12.5. The smallest absolute Gasteiger partial charge is 0.250 e. The Morgan fingerprint density at radius 2 is 2.45 bits per heavy atom. The molecule has 1 atom stereocenters. The second kappa shape index (κ2) is 6.38. The fraction of sp³-hybridized carbons (Fsp3) is 0.625. The number of halogens is 1. The van der Waals surface area contributed by atoms with Crippen molar-refractivity contribution in [3.63, 3.8) is 0 Å². The van der Waals surface area contributed by atoms with Gasteiger partial charge < -0.3 is 4.74 Å². The van der Waals surface area contributed by atoms with Gasteiger partial charge in [-0.15, -0.1) is 6.58 Å². The van der Waals surface area contributed by atoms with Crippen LogP contribution >= 0.6 is 11.6 Å². The van der Waals surface area contributed by atoms with Crippen molar-refractivity contribution >= 4 is 16.8 Å². The molecule has 3 heteroatoms. The number of unbranched alkanes of at least 4 members (excludes halogenated alkanes) is 1. The van der Waals surface area contributed by atoms with E-state index in [9.17, 15) is 4.79 Å². The van der Waals surface area contributed by atoms with Gasteiger partial charge in [0.1, 0.15) is 6.10 Å². The fourth-order valence-corrected chi connectivity index (χ4v) is 0.970. The summed E-state index contributed by atoms with van der Waals surface area (Å²) in [7, 11) is 1.48. The van der Waals surface area contributed by atoms with Gasteiger partial charge in [-0.05, 0) is 30.9 Å². The van der Waals surface area contributed by atoms with Crippen LogP contribution in [-0.4, -0.2) is 18.5 Å². The van der Waals surface area contributed by atoms with Gasteiger partial charge in [-0.3, -0.25) is 4.79 Å². The second-order valence-electron chi connectivity index (χ2n) is 2.25. The average molecular weight is 177 g/mol. The number of ether oxygens (including phenoxy) is 1. The van der Waals surface area contributed by atoms with Crippen molar-refractivity contribution in [3.05, 3.63) is 12.7 Å². The third-order valence-electron chi connectivity index (χ3n) is 1.41. The number of hydrogen-bond donors (Lipinski definition) is 0. The van der Waals surface area contributed by atoms with Crippen LogP contribution in [0, 0.1) is 0 Å². The molecular weight excluding hydrogens is 164 g/mol. The van der Waals surface area contributed by atoms with E-state index in [1.165, 1.54) is 7.11 Å². The van der Waals surface area contributed by atoms with Crippen LogP contribution in [0.4, 0.5) is 0 Å². The highest BCUT2D eigenvalue weighted by molar-refractivity contribution is 6.64. The van der Waals surface area contributed by atoms with Gasteiger partial charge in [0.2, 0.25) is 5.24 Å². The molecule has 1 unspecified atom stereocenters. The lowest BCUT2D eigenvalue weighted by Gasteiger charge is -2.08. The van der Waals surface area contributed by atoms with Crippen molar-refractivity contribution in [1.82, 2.24) is 0 Å². The van der Waals surface area contributed by atoms with E-state index in [2.05, 4.69) is 6.58 Å². The summed E-state index contributed by atoms with van der Waals surface area (Å²) in [4.78, 5) is 10.6. The molecule has 0 rings (SSSR count). The molecule has 0 aromatic heterocycles. The predicted molar refractivity (Wildman–Crippen MR) is 45.7 cm³/mol. The van der Waals surface area contributed by atoms with Gasteiger partial charge in [-0.1, -0.05) is 6.08 Å². The summed E-state index contributed by atoms with van der Waals surface area (Å²) < 4.78 is 4.84. The third-order valence-corrected chi connectivity index (χ3v) is 1.66. The Labute approximate surface area is 72.2 Å². The first-order valence-electron chi connectivity index (χ1n) is 3.55. The predicted octanol–water partition coefficient (Wildman–Crippen LogP) is 2.12. The number of carbonyl (C=O) groups excluding carboxylic acids is 1. The van der Waals surface area contributed by atoms with E-state index in [0.717, 1.165) is 12.8 Å². The van der Waals surface area contributed by atoms with Crippen LogP contribution in [0.5, 0.6) is 0 Å². The highest BCUT2D eigenvalue weighted by Crippen LogP contribution is 2.07. The van der Waals surface area contributed by atoms with Crippen LogP contribution < -0.4 is 0 Å². The maximum atomic E-state index is 10.6. The molecule has 0 aromatic rings. The molecular formula is C8H13ClO2. The summed E-state index contributed by atoms with van der Waals surface area (Å²) in [6.45, 7) is 3.57. The zero-order chi connectivity index (χ0) is 8.69. The Morgan fingerprint density at radius 1 is 1.82 bits per heavy atom. The van der Waals surface area contributed by atoms with E-state index in [1.807, 2.05) is 6.08 Å². The van der Waals surface area contributed by atoms with Crippen molar-refractivity contribution in [1.29, 1.82) is 0 Å². The molecule has 0 saturated carbocycles. The Bertz CT molecular complexity index is 134. The number of hydrogen-bond acceptors (Lipinski definition) is 2. The summed E-state index contributed by atoms with van der Waals surface area (Å²) in [5, 5.41) is -0.420. The van der Waals surface area contributed by atoms with E-state index in [1.54, 1.807) is 0 Å². The Hall–Kier alpha value is -0.340. The Balaban J connectivity index is 3.52. The number of methoxy groups -OCH3 is 1. The quantitative estimate of drug-likeness (QED) is 0.352. The van der Waals surface area contributed by atoms with Crippen LogP contribution in [-0.2, 0) is 9.53 Å². The maximum Gasteiger partial charge on any atom is 0.250 e. The number of carbonyl (C=O) groups is 1. The fourth-order valence-electron chi connectivity index (χ4n) is 0.772. The molecule has 0 amide bonds. The van der Waals surface area contributed by atoms with Gasteiger partial charge in [0.15, 0.2) is 0 Å². The first-order chi connectivity index (χ1) is 5.22. The molecule has 0 aromatic carbocycles. The highest BCUT2D eigenvalue weighted by atomic mass is 35.5. The van der Waals surface area contributed by atoms with Gasteiger partial charge in [-0.25, -0.2) is 0 Å². The van der Waals surface area contributed by atoms with Crippen LogP contribution in [0.2, 0.25) is 0 Å². The van der Waals surface area contributed by atoms with Gasteiger partial charge in [-0.2, -0.15) is 0 Å². The molecule has 0 fully saturated rings. The summed E-state index contributed by atoms with van der Waals surface area (Å²) >= 11 is 5.23. The molecule has 0 saturated heterocycles. The zero-order valence-electron chi connectivity index (χ0n) is 6.68. The van der Waals surface area contributed by atoms with E-state index < -0.39 is 11.3 Å². The van der Waals surface area contributed by atoms with Gasteiger partial charge in [0, 0.05) is 7.11 Å². The lowest BCUT2D eigenvalue weighted by atomic mass is 10.2. The minimum absolute atomic E-state index is 0.420. The van der Waals surface area contributed by atoms with Gasteiger partial charge in [0.05, 0.1) is 0 Å². The van der Waals surface area contributed by atoms with E-state index in [-0.39, 0.29) is 0 Å². The summed E-state index contributed by atoms with van der Waals surface area (Å²) in [5.41, 5.74) is 0. The van der Waals surface area contributed by atoms with Crippen molar-refractivity contribution in [3.8, 4) is 0 Å². The Kier molecular flexibility index (Phi) is 6.18. The molecule has 0 aliphatic heterocycles. The van der Waals surface area contributed by atoms with Crippen LogP contribution in [0.15, 0.2) is 12.7 Å². The minimum atomic E-state index is -0.448. The molecule has 0 heterocycles. The lowest BCUT2D eigenvalue weighted by molar-refractivity contribution is -0.121. The second-order valence-corrected chi connectivity index (χ2v) is 2.62. The van der Waals surface area contributed by atoms with Crippen LogP contribution in [0.3, 0.4) is 0 Å². The van der Waals surface area contributed by atoms with Crippen molar-refractivity contribution < 1.29 is 9.53 Å². The first kappa shape index (κ1) is 10.7. The van der Waals surface area contributed by atoms with Crippen molar-refractivity contribution in [2.75, 3.05) is 7.11 Å². The van der Waals surface area contributed by atoms with Crippen molar-refractivity contribution in [2.45, 2.75) is 25.4 Å². The van der Waals surface area contributed by atoms with Gasteiger partial charge >= 0.3 is 0 Å². The topological polar surface area (TPSA) is 26.3 Å². The molecule has 0 N–H and O–H groups in total. The zero-order valence-corrected chi connectivity index (χ0v) is 7.43. The standard InChI is InChI=1S/C8H13ClO2/c1-3-4-5-6-7(11-2)8(9)10/h3,7H,1,4-6H2,2H3. The Morgan fingerprint density at radius 3 is 2.82 bits per heavy atom. The van der Waals surface area contributed by atoms with E-state index in [0.29, 0.717) is 6.42 Å². The van der Waals surface area contributed by atoms with Gasteiger partial charge in [0.25, 0.3) is 0 Å². The van der Waals surface area contributed by atoms with Crippen molar-refractivity contribution in [2.24, 2.45) is 0 Å². The number of allylic oxidation sites excluding steroid dienone is 1. The molecule has 0 aliphatic carbocycles. The maximum absolute atomic E-state index is 10.6. The molecule has 0 spiro atoms.